The minimum absolute atomic E-state index is 0.171. The molecule has 0 bridgehead atoms. The first-order chi connectivity index (χ1) is 9.09. The summed E-state index contributed by atoms with van der Waals surface area (Å²) < 4.78 is 5.72. The number of amides is 1. The molecular weight excluding hydrogens is 240 g/mol. The highest BCUT2D eigenvalue weighted by atomic mass is 16.5. The molecule has 0 aromatic heterocycles. The lowest BCUT2D eigenvalue weighted by atomic mass is 9.92. The van der Waals surface area contributed by atoms with E-state index < -0.39 is 5.41 Å². The highest BCUT2D eigenvalue weighted by molar-refractivity contribution is 5.82. The Morgan fingerprint density at radius 2 is 1.89 bits per heavy atom. The summed E-state index contributed by atoms with van der Waals surface area (Å²) in [6.07, 6.45) is 0. The molecular formula is C15H22N2O2. The fourth-order valence-corrected chi connectivity index (χ4v) is 2.14. The van der Waals surface area contributed by atoms with E-state index in [1.807, 2.05) is 49.1 Å². The van der Waals surface area contributed by atoms with Crippen molar-refractivity contribution >= 4 is 5.91 Å². The van der Waals surface area contributed by atoms with E-state index in [-0.39, 0.29) is 5.91 Å². The fourth-order valence-electron chi connectivity index (χ4n) is 2.14. The summed E-state index contributed by atoms with van der Waals surface area (Å²) in [6.45, 7) is 7.62. The molecule has 0 spiro atoms. The predicted molar refractivity (Wildman–Crippen MR) is 75.2 cm³/mol. The van der Waals surface area contributed by atoms with Gasteiger partial charge in [-0.1, -0.05) is 18.2 Å². The summed E-state index contributed by atoms with van der Waals surface area (Å²) in [5.74, 6) is 0.980. The zero-order chi connectivity index (χ0) is 13.7. The topological polar surface area (TPSA) is 41.6 Å². The van der Waals surface area contributed by atoms with Crippen molar-refractivity contribution in [2.45, 2.75) is 13.8 Å². The maximum atomic E-state index is 12.5. The van der Waals surface area contributed by atoms with Crippen LogP contribution in [0.2, 0.25) is 0 Å². The van der Waals surface area contributed by atoms with Crippen molar-refractivity contribution in [3.8, 4) is 5.75 Å². The molecule has 1 heterocycles. The standard InChI is InChI=1S/C15H22N2O2/c1-15(2,12-19-13-6-4-3-5-7-13)14(18)17-10-8-16-9-11-17/h3-7,16H,8-12H2,1-2H3. The number of ether oxygens (including phenoxy) is 1. The number of nitrogens with zero attached hydrogens (tertiary/aromatic N) is 1. The molecule has 1 amide bonds. The van der Waals surface area contributed by atoms with Crippen LogP contribution in [0.25, 0.3) is 0 Å². The molecule has 0 atom stereocenters. The number of carbonyl (C=O) groups is 1. The first-order valence-electron chi connectivity index (χ1n) is 6.77. The van der Waals surface area contributed by atoms with Crippen LogP contribution in [0.15, 0.2) is 30.3 Å². The molecule has 0 radical (unpaired) electrons. The molecule has 1 fully saturated rings. The van der Waals surface area contributed by atoms with Crippen molar-refractivity contribution in [1.82, 2.24) is 10.2 Å². The summed E-state index contributed by atoms with van der Waals surface area (Å²) >= 11 is 0. The van der Waals surface area contributed by atoms with Crippen LogP contribution in [0, 0.1) is 5.41 Å². The molecule has 1 aromatic rings. The van der Waals surface area contributed by atoms with Gasteiger partial charge < -0.3 is 15.0 Å². The van der Waals surface area contributed by atoms with Gasteiger partial charge in [-0.2, -0.15) is 0 Å². The van der Waals surface area contributed by atoms with Crippen LogP contribution in [-0.2, 0) is 4.79 Å². The number of hydrogen-bond donors (Lipinski definition) is 1. The van der Waals surface area contributed by atoms with Gasteiger partial charge in [0.25, 0.3) is 0 Å². The molecule has 0 aliphatic carbocycles. The van der Waals surface area contributed by atoms with Gasteiger partial charge in [-0.25, -0.2) is 0 Å². The van der Waals surface area contributed by atoms with Crippen molar-refractivity contribution in [2.75, 3.05) is 32.8 Å². The van der Waals surface area contributed by atoms with Gasteiger partial charge in [-0.05, 0) is 26.0 Å². The van der Waals surface area contributed by atoms with Gasteiger partial charge in [0, 0.05) is 26.2 Å². The maximum Gasteiger partial charge on any atom is 0.231 e. The number of benzene rings is 1. The van der Waals surface area contributed by atoms with Crippen molar-refractivity contribution < 1.29 is 9.53 Å². The van der Waals surface area contributed by atoms with Crippen LogP contribution in [0.1, 0.15) is 13.8 Å². The Balaban J connectivity index is 1.91. The summed E-state index contributed by atoms with van der Waals surface area (Å²) in [5, 5.41) is 3.25. The van der Waals surface area contributed by atoms with E-state index >= 15 is 0 Å². The fraction of sp³-hybridized carbons (Fsp3) is 0.533. The van der Waals surface area contributed by atoms with Gasteiger partial charge in [0.05, 0.1) is 5.41 Å². The maximum absolute atomic E-state index is 12.5. The van der Waals surface area contributed by atoms with Gasteiger partial charge in [0.15, 0.2) is 0 Å². The normalized spacial score (nSPS) is 16.2. The van der Waals surface area contributed by atoms with E-state index in [9.17, 15) is 4.79 Å². The Morgan fingerprint density at radius 3 is 2.53 bits per heavy atom. The van der Waals surface area contributed by atoms with E-state index in [2.05, 4.69) is 5.32 Å². The van der Waals surface area contributed by atoms with Gasteiger partial charge in [0.1, 0.15) is 12.4 Å². The first kappa shape index (κ1) is 13.9. The number of para-hydroxylation sites is 1. The molecule has 1 saturated heterocycles. The van der Waals surface area contributed by atoms with Crippen molar-refractivity contribution in [3.63, 3.8) is 0 Å². The lowest BCUT2D eigenvalue weighted by Crippen LogP contribution is -2.51. The Hall–Kier alpha value is -1.55. The highest BCUT2D eigenvalue weighted by Crippen LogP contribution is 2.21. The van der Waals surface area contributed by atoms with E-state index in [0.29, 0.717) is 6.61 Å². The number of piperazine rings is 1. The summed E-state index contributed by atoms with van der Waals surface area (Å²) in [4.78, 5) is 14.4. The lowest BCUT2D eigenvalue weighted by molar-refractivity contribution is -0.142. The van der Waals surface area contributed by atoms with Crippen LogP contribution in [-0.4, -0.2) is 43.6 Å². The largest absolute Gasteiger partial charge is 0.492 e. The Kier molecular flexibility index (Phi) is 4.43. The third-order valence-electron chi connectivity index (χ3n) is 3.33. The SMILES string of the molecule is CC(C)(COc1ccccc1)C(=O)N1CCNCC1. The quantitative estimate of drug-likeness (QED) is 0.894. The zero-order valence-corrected chi connectivity index (χ0v) is 11.7. The minimum atomic E-state index is -0.493. The molecule has 104 valence electrons. The molecule has 0 saturated carbocycles. The second kappa shape index (κ2) is 6.06. The molecule has 1 aliphatic heterocycles. The molecule has 19 heavy (non-hydrogen) atoms. The monoisotopic (exact) mass is 262 g/mol. The number of rotatable bonds is 4. The zero-order valence-electron chi connectivity index (χ0n) is 11.7. The smallest absolute Gasteiger partial charge is 0.231 e. The molecule has 0 unspecified atom stereocenters. The Labute approximate surface area is 114 Å². The summed E-state index contributed by atoms with van der Waals surface area (Å²) in [5.41, 5.74) is -0.493. The molecule has 4 heteroatoms. The number of nitrogens with one attached hydrogen (secondary N) is 1. The molecule has 1 aliphatic rings. The van der Waals surface area contributed by atoms with Gasteiger partial charge in [-0.15, -0.1) is 0 Å². The van der Waals surface area contributed by atoms with Crippen LogP contribution < -0.4 is 10.1 Å². The van der Waals surface area contributed by atoms with Gasteiger partial charge in [-0.3, -0.25) is 4.79 Å². The van der Waals surface area contributed by atoms with Crippen LogP contribution in [0.4, 0.5) is 0 Å². The molecule has 4 nitrogen and oxygen atoms in total. The van der Waals surface area contributed by atoms with E-state index in [0.717, 1.165) is 31.9 Å². The van der Waals surface area contributed by atoms with Gasteiger partial charge >= 0.3 is 0 Å². The van der Waals surface area contributed by atoms with Crippen molar-refractivity contribution in [1.29, 1.82) is 0 Å². The van der Waals surface area contributed by atoms with Gasteiger partial charge in [0.2, 0.25) is 5.91 Å². The highest BCUT2D eigenvalue weighted by Gasteiger charge is 2.33. The van der Waals surface area contributed by atoms with E-state index in [4.69, 9.17) is 4.74 Å². The van der Waals surface area contributed by atoms with Crippen LogP contribution >= 0.6 is 0 Å². The van der Waals surface area contributed by atoms with Crippen LogP contribution in [0.5, 0.6) is 5.75 Å². The minimum Gasteiger partial charge on any atom is -0.492 e. The van der Waals surface area contributed by atoms with Crippen molar-refractivity contribution in [2.24, 2.45) is 5.41 Å². The first-order valence-corrected chi connectivity index (χ1v) is 6.77. The lowest BCUT2D eigenvalue weighted by Gasteiger charge is -2.34. The molecule has 1 N–H and O–H groups in total. The average molecular weight is 262 g/mol. The average Bonchev–Trinajstić information content (AvgIpc) is 2.46. The van der Waals surface area contributed by atoms with Crippen LogP contribution in [0.3, 0.4) is 0 Å². The number of hydrogen-bond acceptors (Lipinski definition) is 3. The Bertz CT molecular complexity index is 411. The summed E-state index contributed by atoms with van der Waals surface area (Å²) in [6, 6.07) is 9.63. The van der Waals surface area contributed by atoms with E-state index in [1.54, 1.807) is 0 Å². The molecule has 1 aromatic carbocycles. The third kappa shape index (κ3) is 3.70. The number of carbonyl (C=O) groups excluding carboxylic acids is 1. The Morgan fingerprint density at radius 1 is 1.26 bits per heavy atom. The second-order valence-electron chi connectivity index (χ2n) is 5.53. The predicted octanol–water partition coefficient (Wildman–Crippen LogP) is 1.52. The van der Waals surface area contributed by atoms with E-state index in [1.165, 1.54) is 0 Å². The summed E-state index contributed by atoms with van der Waals surface area (Å²) in [7, 11) is 0. The molecule has 2 rings (SSSR count). The van der Waals surface area contributed by atoms with Crippen molar-refractivity contribution in [3.05, 3.63) is 30.3 Å². The third-order valence-corrected chi connectivity index (χ3v) is 3.33. The second-order valence-corrected chi connectivity index (χ2v) is 5.53.